The molecule has 0 spiro atoms. The Labute approximate surface area is 61.7 Å². The van der Waals surface area contributed by atoms with Crippen LogP contribution < -0.4 is 5.32 Å². The fourth-order valence-corrected chi connectivity index (χ4v) is 2.67. The smallest absolute Gasteiger partial charge is 0.150 e. The van der Waals surface area contributed by atoms with Gasteiger partial charge in [0.2, 0.25) is 0 Å². The highest BCUT2D eigenvalue weighted by molar-refractivity contribution is 7.91. The van der Waals surface area contributed by atoms with Crippen molar-refractivity contribution in [2.75, 3.05) is 18.6 Å². The predicted molar refractivity (Wildman–Crippen MR) is 40.7 cm³/mol. The first-order chi connectivity index (χ1) is 4.64. The zero-order valence-electron chi connectivity index (χ0n) is 6.13. The standard InChI is InChI=1S/C6H13NO2S/c1-7-6-2-4-10(8,9)5-3-6/h6-7H,2-5H2,1H3. The first-order valence-corrected chi connectivity index (χ1v) is 5.34. The lowest BCUT2D eigenvalue weighted by Crippen LogP contribution is -2.35. The second-order valence-electron chi connectivity index (χ2n) is 2.71. The minimum atomic E-state index is -2.67. The van der Waals surface area contributed by atoms with Gasteiger partial charge >= 0.3 is 0 Å². The van der Waals surface area contributed by atoms with E-state index in [0.29, 0.717) is 17.5 Å². The van der Waals surface area contributed by atoms with Gasteiger partial charge in [-0.3, -0.25) is 0 Å². The van der Waals surface area contributed by atoms with E-state index in [0.717, 1.165) is 12.8 Å². The van der Waals surface area contributed by atoms with Gasteiger partial charge in [0.25, 0.3) is 0 Å². The number of rotatable bonds is 1. The molecule has 0 aromatic heterocycles. The molecule has 10 heavy (non-hydrogen) atoms. The molecule has 1 saturated heterocycles. The fourth-order valence-electron chi connectivity index (χ4n) is 1.18. The summed E-state index contributed by atoms with van der Waals surface area (Å²) in [5.41, 5.74) is 0. The van der Waals surface area contributed by atoms with E-state index in [1.54, 1.807) is 0 Å². The molecule has 1 N–H and O–H groups in total. The third kappa shape index (κ3) is 1.95. The molecule has 0 saturated carbocycles. The molecule has 1 heterocycles. The van der Waals surface area contributed by atoms with E-state index < -0.39 is 9.84 Å². The van der Waals surface area contributed by atoms with Crippen LogP contribution in [0, 0.1) is 0 Å². The van der Waals surface area contributed by atoms with Crippen molar-refractivity contribution in [2.45, 2.75) is 18.9 Å². The minimum absolute atomic E-state index is 0.360. The highest BCUT2D eigenvalue weighted by Crippen LogP contribution is 2.10. The van der Waals surface area contributed by atoms with Gasteiger partial charge in [0.15, 0.2) is 0 Å². The van der Waals surface area contributed by atoms with Crippen LogP contribution >= 0.6 is 0 Å². The van der Waals surface area contributed by atoms with Gasteiger partial charge in [0.1, 0.15) is 9.84 Å². The minimum Gasteiger partial charge on any atom is -0.317 e. The monoisotopic (exact) mass is 163 g/mol. The van der Waals surface area contributed by atoms with E-state index in [1.165, 1.54) is 0 Å². The third-order valence-corrected chi connectivity index (χ3v) is 3.68. The summed E-state index contributed by atoms with van der Waals surface area (Å²) in [7, 11) is -0.788. The third-order valence-electron chi connectivity index (χ3n) is 1.96. The maximum absolute atomic E-state index is 10.9. The summed E-state index contributed by atoms with van der Waals surface area (Å²) in [6.45, 7) is 0. The summed E-state index contributed by atoms with van der Waals surface area (Å²) < 4.78 is 21.8. The number of nitrogens with one attached hydrogen (secondary N) is 1. The summed E-state index contributed by atoms with van der Waals surface area (Å²) in [4.78, 5) is 0. The lowest BCUT2D eigenvalue weighted by Gasteiger charge is -2.20. The second-order valence-corrected chi connectivity index (χ2v) is 5.02. The van der Waals surface area contributed by atoms with Crippen LogP contribution in [-0.4, -0.2) is 33.0 Å². The number of sulfone groups is 1. The Morgan fingerprint density at radius 1 is 1.30 bits per heavy atom. The lowest BCUT2D eigenvalue weighted by atomic mass is 10.2. The molecule has 0 atom stereocenters. The molecule has 0 amide bonds. The Hall–Kier alpha value is -0.0900. The first-order valence-electron chi connectivity index (χ1n) is 3.52. The van der Waals surface area contributed by atoms with Crippen molar-refractivity contribution in [1.29, 1.82) is 0 Å². The average Bonchev–Trinajstić information content (AvgIpc) is 1.88. The molecule has 0 radical (unpaired) electrons. The fraction of sp³-hybridized carbons (Fsp3) is 1.00. The molecule has 0 unspecified atom stereocenters. The Balaban J connectivity index is 2.46. The predicted octanol–water partition coefficient (Wildman–Crippen LogP) is -0.217. The van der Waals surface area contributed by atoms with Crippen LogP contribution in [0.15, 0.2) is 0 Å². The maximum atomic E-state index is 10.9. The van der Waals surface area contributed by atoms with Crippen LogP contribution in [0.4, 0.5) is 0 Å². The number of hydrogen-bond acceptors (Lipinski definition) is 3. The van der Waals surface area contributed by atoms with Crippen molar-refractivity contribution in [3.05, 3.63) is 0 Å². The summed E-state index contributed by atoms with van der Waals surface area (Å²) in [6.07, 6.45) is 1.55. The van der Waals surface area contributed by atoms with Gasteiger partial charge in [-0.05, 0) is 19.9 Å². The highest BCUT2D eigenvalue weighted by atomic mass is 32.2. The summed E-state index contributed by atoms with van der Waals surface area (Å²) >= 11 is 0. The van der Waals surface area contributed by atoms with Gasteiger partial charge in [0, 0.05) is 6.04 Å². The van der Waals surface area contributed by atoms with E-state index in [1.807, 2.05) is 7.05 Å². The molecule has 0 bridgehead atoms. The van der Waals surface area contributed by atoms with Gasteiger partial charge in [0.05, 0.1) is 11.5 Å². The molecule has 0 aromatic carbocycles. The first kappa shape index (κ1) is 8.01. The zero-order chi connectivity index (χ0) is 7.61. The van der Waals surface area contributed by atoms with E-state index in [4.69, 9.17) is 0 Å². The molecule has 3 nitrogen and oxygen atoms in total. The summed E-state index contributed by atoms with van der Waals surface area (Å²) in [6, 6.07) is 0.420. The van der Waals surface area contributed by atoms with E-state index >= 15 is 0 Å². The molecule has 1 fully saturated rings. The molecule has 1 aliphatic rings. The van der Waals surface area contributed by atoms with Crippen molar-refractivity contribution in [3.8, 4) is 0 Å². The highest BCUT2D eigenvalue weighted by Gasteiger charge is 2.21. The van der Waals surface area contributed by atoms with Crippen LogP contribution in [0.5, 0.6) is 0 Å². The quantitative estimate of drug-likeness (QED) is 0.581. The normalized spacial score (nSPS) is 26.5. The van der Waals surface area contributed by atoms with Crippen LogP contribution in [0.25, 0.3) is 0 Å². The SMILES string of the molecule is CNC1CCS(=O)(=O)CC1. The van der Waals surface area contributed by atoms with Crippen molar-refractivity contribution < 1.29 is 8.42 Å². The average molecular weight is 163 g/mol. The Bertz CT molecular complexity index is 184. The molecule has 4 heteroatoms. The van der Waals surface area contributed by atoms with Gasteiger partial charge < -0.3 is 5.32 Å². The molecular formula is C6H13NO2S. The van der Waals surface area contributed by atoms with Gasteiger partial charge in [-0.2, -0.15) is 0 Å². The molecule has 1 rings (SSSR count). The molecule has 1 aliphatic heterocycles. The van der Waals surface area contributed by atoms with Crippen LogP contribution in [0.1, 0.15) is 12.8 Å². The topological polar surface area (TPSA) is 46.2 Å². The largest absolute Gasteiger partial charge is 0.317 e. The van der Waals surface area contributed by atoms with Crippen molar-refractivity contribution >= 4 is 9.84 Å². The van der Waals surface area contributed by atoms with Gasteiger partial charge in [-0.1, -0.05) is 0 Å². The molecule has 60 valence electrons. The van der Waals surface area contributed by atoms with E-state index in [9.17, 15) is 8.42 Å². The van der Waals surface area contributed by atoms with Crippen LogP contribution in [0.3, 0.4) is 0 Å². The Morgan fingerprint density at radius 2 is 1.80 bits per heavy atom. The lowest BCUT2D eigenvalue weighted by molar-refractivity contribution is 0.497. The zero-order valence-corrected chi connectivity index (χ0v) is 6.95. The second kappa shape index (κ2) is 2.88. The van der Waals surface area contributed by atoms with E-state index in [-0.39, 0.29) is 0 Å². The molecular weight excluding hydrogens is 150 g/mol. The van der Waals surface area contributed by atoms with Crippen molar-refractivity contribution in [1.82, 2.24) is 5.32 Å². The number of hydrogen-bond donors (Lipinski definition) is 1. The Kier molecular flexibility index (Phi) is 2.31. The molecule has 0 aromatic rings. The van der Waals surface area contributed by atoms with E-state index in [2.05, 4.69) is 5.32 Å². The van der Waals surface area contributed by atoms with Crippen LogP contribution in [0.2, 0.25) is 0 Å². The van der Waals surface area contributed by atoms with Crippen molar-refractivity contribution in [3.63, 3.8) is 0 Å². The summed E-state index contributed by atoms with van der Waals surface area (Å²) in [5, 5.41) is 3.08. The van der Waals surface area contributed by atoms with Gasteiger partial charge in [-0.25, -0.2) is 8.42 Å². The molecule has 0 aliphatic carbocycles. The van der Waals surface area contributed by atoms with Gasteiger partial charge in [-0.15, -0.1) is 0 Å². The maximum Gasteiger partial charge on any atom is 0.150 e. The Morgan fingerprint density at radius 3 is 2.20 bits per heavy atom. The van der Waals surface area contributed by atoms with Crippen LogP contribution in [-0.2, 0) is 9.84 Å². The summed E-state index contributed by atoms with van der Waals surface area (Å²) in [5.74, 6) is 0.719. The van der Waals surface area contributed by atoms with Crippen molar-refractivity contribution in [2.24, 2.45) is 0 Å².